The zero-order chi connectivity index (χ0) is 15.4. The lowest BCUT2D eigenvalue weighted by Crippen LogP contribution is -2.42. The summed E-state index contributed by atoms with van der Waals surface area (Å²) < 4.78 is 5.11. The van der Waals surface area contributed by atoms with Gasteiger partial charge in [0.1, 0.15) is 5.76 Å². The maximum absolute atomic E-state index is 12.3. The van der Waals surface area contributed by atoms with Gasteiger partial charge in [0.05, 0.1) is 5.69 Å². The molecule has 1 aliphatic carbocycles. The first kappa shape index (κ1) is 16.2. The molecular formula is C15H25N3O2S. The largest absolute Gasteiger partial charge is 0.361 e. The van der Waals surface area contributed by atoms with Crippen LogP contribution in [0.3, 0.4) is 0 Å². The highest BCUT2D eigenvalue weighted by Gasteiger charge is 2.29. The first-order valence-electron chi connectivity index (χ1n) is 7.57. The molecule has 1 aromatic heterocycles. The molecule has 1 aromatic rings. The van der Waals surface area contributed by atoms with E-state index in [4.69, 9.17) is 4.52 Å². The van der Waals surface area contributed by atoms with Crippen LogP contribution in [0.5, 0.6) is 0 Å². The van der Waals surface area contributed by atoms with Crippen molar-refractivity contribution in [3.63, 3.8) is 0 Å². The van der Waals surface area contributed by atoms with E-state index >= 15 is 0 Å². The summed E-state index contributed by atoms with van der Waals surface area (Å²) in [5, 5.41) is 7.58. The Bertz CT molecular complexity index is 470. The molecule has 1 heterocycles. The predicted octanol–water partition coefficient (Wildman–Crippen LogP) is 3.11. The summed E-state index contributed by atoms with van der Waals surface area (Å²) in [5.74, 6) is 1.93. The van der Waals surface area contributed by atoms with Crippen LogP contribution in [-0.4, -0.2) is 40.2 Å². The number of aryl methyl sites for hydroxylation is 2. The number of amides is 2. The minimum absolute atomic E-state index is 0.0119. The molecule has 0 bridgehead atoms. The molecule has 0 saturated heterocycles. The first-order valence-corrected chi connectivity index (χ1v) is 8.61. The van der Waals surface area contributed by atoms with Gasteiger partial charge in [-0.1, -0.05) is 12.1 Å². The van der Waals surface area contributed by atoms with E-state index in [0.29, 0.717) is 17.8 Å². The van der Waals surface area contributed by atoms with Gasteiger partial charge in [-0.05, 0) is 38.9 Å². The maximum Gasteiger partial charge on any atom is 0.317 e. The van der Waals surface area contributed by atoms with Crippen LogP contribution in [0.2, 0.25) is 0 Å². The van der Waals surface area contributed by atoms with E-state index in [1.807, 2.05) is 37.6 Å². The third-order valence-electron chi connectivity index (χ3n) is 4.22. The normalized spacial score (nSPS) is 21.5. The maximum atomic E-state index is 12.3. The highest BCUT2D eigenvalue weighted by molar-refractivity contribution is 7.99. The molecule has 2 atom stereocenters. The van der Waals surface area contributed by atoms with Crippen LogP contribution in [0.15, 0.2) is 4.52 Å². The summed E-state index contributed by atoms with van der Waals surface area (Å²) in [4.78, 5) is 14.1. The lowest BCUT2D eigenvalue weighted by molar-refractivity contribution is 0.190. The number of nitrogens with one attached hydrogen (secondary N) is 1. The fourth-order valence-electron chi connectivity index (χ4n) is 2.87. The van der Waals surface area contributed by atoms with Gasteiger partial charge in [-0.25, -0.2) is 4.79 Å². The Morgan fingerprint density at radius 1 is 1.48 bits per heavy atom. The van der Waals surface area contributed by atoms with Gasteiger partial charge >= 0.3 is 6.03 Å². The van der Waals surface area contributed by atoms with E-state index in [-0.39, 0.29) is 6.03 Å². The second kappa shape index (κ2) is 7.20. The Hall–Kier alpha value is -1.17. The molecule has 118 valence electrons. The van der Waals surface area contributed by atoms with Crippen LogP contribution in [-0.2, 0) is 6.54 Å². The third kappa shape index (κ3) is 3.93. The van der Waals surface area contributed by atoms with Crippen molar-refractivity contribution in [2.45, 2.75) is 57.9 Å². The number of hydrogen-bond acceptors (Lipinski definition) is 4. The first-order chi connectivity index (χ1) is 10.0. The Balaban J connectivity index is 1.83. The van der Waals surface area contributed by atoms with Crippen LogP contribution in [0.4, 0.5) is 4.79 Å². The number of hydrogen-bond donors (Lipinski definition) is 1. The average molecular weight is 311 g/mol. The van der Waals surface area contributed by atoms with Crippen molar-refractivity contribution in [1.29, 1.82) is 0 Å². The Labute approximate surface area is 130 Å². The molecular weight excluding hydrogens is 286 g/mol. The van der Waals surface area contributed by atoms with Gasteiger partial charge in [0.2, 0.25) is 0 Å². The van der Waals surface area contributed by atoms with Crippen molar-refractivity contribution in [2.75, 3.05) is 12.8 Å². The molecule has 21 heavy (non-hydrogen) atoms. The summed E-state index contributed by atoms with van der Waals surface area (Å²) >= 11 is 2.01. The molecule has 0 aliphatic heterocycles. The molecule has 1 N–H and O–H groups in total. The van der Waals surface area contributed by atoms with E-state index in [1.54, 1.807) is 0 Å². The lowest BCUT2D eigenvalue weighted by atomic mass is 10.2. The Morgan fingerprint density at radius 2 is 2.24 bits per heavy atom. The topological polar surface area (TPSA) is 58.4 Å². The number of aromatic nitrogens is 1. The summed E-state index contributed by atoms with van der Waals surface area (Å²) in [7, 11) is 1.90. The number of carbonyl (C=O) groups is 1. The number of rotatable bonds is 5. The van der Waals surface area contributed by atoms with Crippen LogP contribution in [0.25, 0.3) is 0 Å². The van der Waals surface area contributed by atoms with Crippen LogP contribution in [0, 0.1) is 13.8 Å². The van der Waals surface area contributed by atoms with Gasteiger partial charge in [-0.2, -0.15) is 11.8 Å². The highest BCUT2D eigenvalue weighted by atomic mass is 32.2. The highest BCUT2D eigenvalue weighted by Crippen LogP contribution is 2.32. The Morgan fingerprint density at radius 3 is 2.86 bits per heavy atom. The zero-order valence-corrected chi connectivity index (χ0v) is 14.1. The molecule has 0 radical (unpaired) electrons. The summed E-state index contributed by atoms with van der Waals surface area (Å²) in [6, 6.07) is 0.348. The van der Waals surface area contributed by atoms with Gasteiger partial charge in [-0.15, -0.1) is 0 Å². The van der Waals surface area contributed by atoms with Crippen molar-refractivity contribution < 1.29 is 9.32 Å². The summed E-state index contributed by atoms with van der Waals surface area (Å²) in [6.07, 6.45) is 3.42. The van der Waals surface area contributed by atoms with Crippen molar-refractivity contribution in [3.8, 4) is 0 Å². The molecule has 2 amide bonds. The van der Waals surface area contributed by atoms with Crippen molar-refractivity contribution in [3.05, 3.63) is 17.0 Å². The molecule has 5 nitrogen and oxygen atoms in total. The van der Waals surface area contributed by atoms with E-state index < -0.39 is 0 Å². The van der Waals surface area contributed by atoms with Crippen molar-refractivity contribution in [2.24, 2.45) is 0 Å². The summed E-state index contributed by atoms with van der Waals surface area (Å²) in [5.41, 5.74) is 1.82. The van der Waals surface area contributed by atoms with E-state index in [1.165, 1.54) is 6.42 Å². The number of nitrogens with zero attached hydrogens (tertiary/aromatic N) is 2. The van der Waals surface area contributed by atoms with Crippen molar-refractivity contribution >= 4 is 17.8 Å². The minimum Gasteiger partial charge on any atom is -0.361 e. The van der Waals surface area contributed by atoms with Gasteiger partial charge < -0.3 is 14.7 Å². The van der Waals surface area contributed by atoms with Crippen molar-refractivity contribution in [1.82, 2.24) is 15.4 Å². The molecule has 0 spiro atoms. The van der Waals surface area contributed by atoms with E-state index in [9.17, 15) is 4.79 Å². The molecule has 0 unspecified atom stereocenters. The second-order valence-corrected chi connectivity index (χ2v) is 7.19. The van der Waals surface area contributed by atoms with E-state index in [2.05, 4.69) is 17.4 Å². The smallest absolute Gasteiger partial charge is 0.317 e. The molecule has 6 heteroatoms. The van der Waals surface area contributed by atoms with Gasteiger partial charge in [-0.3, -0.25) is 0 Å². The third-order valence-corrected chi connectivity index (χ3v) is 5.46. The molecule has 1 aliphatic rings. The predicted molar refractivity (Wildman–Crippen MR) is 85.5 cm³/mol. The quantitative estimate of drug-likeness (QED) is 0.908. The fourth-order valence-corrected chi connectivity index (χ4v) is 4.00. The molecule has 1 fully saturated rings. The van der Waals surface area contributed by atoms with Gasteiger partial charge in [0, 0.05) is 30.4 Å². The summed E-state index contributed by atoms with van der Waals surface area (Å²) in [6.45, 7) is 6.43. The van der Waals surface area contributed by atoms with Crippen LogP contribution < -0.4 is 5.32 Å². The second-order valence-electron chi connectivity index (χ2n) is 5.62. The monoisotopic (exact) mass is 311 g/mol. The molecule has 0 aromatic carbocycles. The SMILES string of the molecule is CCS[C@H]1CC[C@H](N(C)C(=O)NCc2c(C)noc2C)C1. The Kier molecular flexibility index (Phi) is 5.56. The van der Waals surface area contributed by atoms with E-state index in [0.717, 1.165) is 35.6 Å². The minimum atomic E-state index is -0.0119. The number of urea groups is 1. The fraction of sp³-hybridized carbons (Fsp3) is 0.733. The number of thioether (sulfide) groups is 1. The average Bonchev–Trinajstić information content (AvgIpc) is 3.04. The molecule has 2 rings (SSSR count). The standard InChI is InChI=1S/C15H25N3O2S/c1-5-21-13-7-6-12(8-13)18(4)15(19)16-9-14-10(2)17-20-11(14)3/h12-13H,5-9H2,1-4H3,(H,16,19)/t12-,13-/m0/s1. The number of carbonyl (C=O) groups excluding carboxylic acids is 1. The van der Waals surface area contributed by atoms with Crippen LogP contribution >= 0.6 is 11.8 Å². The lowest BCUT2D eigenvalue weighted by Gasteiger charge is -2.25. The zero-order valence-electron chi connectivity index (χ0n) is 13.3. The van der Waals surface area contributed by atoms with Gasteiger partial charge in [0.15, 0.2) is 0 Å². The van der Waals surface area contributed by atoms with Crippen LogP contribution in [0.1, 0.15) is 43.2 Å². The molecule has 1 saturated carbocycles. The van der Waals surface area contributed by atoms with Gasteiger partial charge in [0.25, 0.3) is 0 Å².